The van der Waals surface area contributed by atoms with Gasteiger partial charge < -0.3 is 10.4 Å². The molecular formula is C15H22FNO. The SMILES string of the molecule is CCC(NCC1CCC(O)C1)c1cccc(F)c1. The lowest BCUT2D eigenvalue weighted by atomic mass is 10.0. The molecule has 1 saturated carbocycles. The molecule has 2 N–H and O–H groups in total. The van der Waals surface area contributed by atoms with E-state index in [-0.39, 0.29) is 18.0 Å². The van der Waals surface area contributed by atoms with Crippen LogP contribution in [-0.2, 0) is 0 Å². The molecule has 0 aliphatic heterocycles. The lowest BCUT2D eigenvalue weighted by Crippen LogP contribution is -2.26. The van der Waals surface area contributed by atoms with Gasteiger partial charge in [0, 0.05) is 6.04 Å². The molecule has 18 heavy (non-hydrogen) atoms. The second-order valence-electron chi connectivity index (χ2n) is 5.26. The van der Waals surface area contributed by atoms with E-state index in [1.54, 1.807) is 12.1 Å². The summed E-state index contributed by atoms with van der Waals surface area (Å²) in [5.74, 6) is 0.381. The van der Waals surface area contributed by atoms with Crippen LogP contribution < -0.4 is 5.32 Å². The largest absolute Gasteiger partial charge is 0.393 e. The van der Waals surface area contributed by atoms with Crippen LogP contribution in [0.2, 0.25) is 0 Å². The first kappa shape index (κ1) is 13.5. The number of benzene rings is 1. The van der Waals surface area contributed by atoms with E-state index in [1.165, 1.54) is 6.07 Å². The Kier molecular flexibility index (Phi) is 4.72. The zero-order valence-corrected chi connectivity index (χ0v) is 10.9. The highest BCUT2D eigenvalue weighted by molar-refractivity contribution is 5.20. The van der Waals surface area contributed by atoms with Gasteiger partial charge in [-0.1, -0.05) is 19.1 Å². The van der Waals surface area contributed by atoms with Crippen molar-refractivity contribution in [3.63, 3.8) is 0 Å². The molecule has 1 aromatic rings. The molecule has 0 aromatic heterocycles. The molecule has 0 bridgehead atoms. The summed E-state index contributed by atoms with van der Waals surface area (Å²) in [4.78, 5) is 0. The molecule has 0 radical (unpaired) electrons. The summed E-state index contributed by atoms with van der Waals surface area (Å²) in [5.41, 5.74) is 1.01. The Morgan fingerprint density at radius 2 is 2.28 bits per heavy atom. The fraction of sp³-hybridized carbons (Fsp3) is 0.600. The van der Waals surface area contributed by atoms with Crippen LogP contribution in [0, 0.1) is 11.7 Å². The highest BCUT2D eigenvalue weighted by Crippen LogP contribution is 2.26. The van der Waals surface area contributed by atoms with Crippen molar-refractivity contribution in [2.45, 2.75) is 44.8 Å². The number of aliphatic hydroxyl groups excluding tert-OH is 1. The van der Waals surface area contributed by atoms with E-state index in [0.29, 0.717) is 5.92 Å². The summed E-state index contributed by atoms with van der Waals surface area (Å²) in [6.45, 7) is 3.01. The van der Waals surface area contributed by atoms with Gasteiger partial charge in [0.2, 0.25) is 0 Å². The summed E-state index contributed by atoms with van der Waals surface area (Å²) in [6.07, 6.45) is 3.73. The molecule has 3 atom stereocenters. The second kappa shape index (κ2) is 6.30. The van der Waals surface area contributed by atoms with E-state index in [4.69, 9.17) is 0 Å². The smallest absolute Gasteiger partial charge is 0.123 e. The van der Waals surface area contributed by atoms with Gasteiger partial charge >= 0.3 is 0 Å². The average molecular weight is 251 g/mol. The van der Waals surface area contributed by atoms with Gasteiger partial charge in [-0.25, -0.2) is 4.39 Å². The number of nitrogens with one attached hydrogen (secondary N) is 1. The van der Waals surface area contributed by atoms with Crippen LogP contribution in [-0.4, -0.2) is 17.8 Å². The Balaban J connectivity index is 1.89. The van der Waals surface area contributed by atoms with E-state index >= 15 is 0 Å². The molecule has 2 rings (SSSR count). The van der Waals surface area contributed by atoms with Crippen molar-refractivity contribution in [1.82, 2.24) is 5.32 Å². The summed E-state index contributed by atoms with van der Waals surface area (Å²) in [5, 5.41) is 13.0. The molecule has 1 aliphatic carbocycles. The highest BCUT2D eigenvalue weighted by Gasteiger charge is 2.23. The van der Waals surface area contributed by atoms with Crippen molar-refractivity contribution < 1.29 is 9.50 Å². The summed E-state index contributed by atoms with van der Waals surface area (Å²) in [7, 11) is 0. The standard InChI is InChI=1S/C15H22FNO/c1-2-15(12-4-3-5-13(16)9-12)17-10-11-6-7-14(18)8-11/h3-5,9,11,14-15,17-18H,2,6-8,10H2,1H3. The first-order chi connectivity index (χ1) is 8.69. The van der Waals surface area contributed by atoms with Gasteiger partial charge in [0.25, 0.3) is 0 Å². The van der Waals surface area contributed by atoms with E-state index < -0.39 is 0 Å². The predicted molar refractivity (Wildman–Crippen MR) is 70.8 cm³/mol. The molecule has 3 unspecified atom stereocenters. The second-order valence-corrected chi connectivity index (χ2v) is 5.26. The van der Waals surface area contributed by atoms with Crippen LogP contribution in [0.4, 0.5) is 4.39 Å². The number of hydrogen-bond donors (Lipinski definition) is 2. The molecular weight excluding hydrogens is 229 g/mol. The third kappa shape index (κ3) is 3.53. The van der Waals surface area contributed by atoms with Gasteiger partial charge in [0.05, 0.1) is 6.10 Å². The third-order valence-electron chi connectivity index (χ3n) is 3.83. The van der Waals surface area contributed by atoms with Crippen LogP contribution in [0.15, 0.2) is 24.3 Å². The molecule has 1 aromatic carbocycles. The normalized spacial score (nSPS) is 25.3. The van der Waals surface area contributed by atoms with Crippen molar-refractivity contribution in [2.75, 3.05) is 6.54 Å². The maximum atomic E-state index is 13.2. The molecule has 0 saturated heterocycles. The zero-order chi connectivity index (χ0) is 13.0. The van der Waals surface area contributed by atoms with Crippen LogP contribution in [0.1, 0.15) is 44.2 Å². The van der Waals surface area contributed by atoms with Crippen molar-refractivity contribution >= 4 is 0 Å². The molecule has 100 valence electrons. The predicted octanol–water partition coefficient (Wildman–Crippen LogP) is 3.03. The molecule has 2 nitrogen and oxygen atoms in total. The monoisotopic (exact) mass is 251 g/mol. The first-order valence-electron chi connectivity index (χ1n) is 6.86. The molecule has 1 fully saturated rings. The van der Waals surface area contributed by atoms with Crippen molar-refractivity contribution in [1.29, 1.82) is 0 Å². The molecule has 3 heteroatoms. The fourth-order valence-electron chi connectivity index (χ4n) is 2.76. The molecule has 0 amide bonds. The van der Waals surface area contributed by atoms with Crippen molar-refractivity contribution in [3.8, 4) is 0 Å². The first-order valence-corrected chi connectivity index (χ1v) is 6.86. The van der Waals surface area contributed by atoms with E-state index in [0.717, 1.165) is 37.8 Å². The minimum absolute atomic E-state index is 0.119. The Morgan fingerprint density at radius 3 is 2.89 bits per heavy atom. The maximum absolute atomic E-state index is 13.2. The van der Waals surface area contributed by atoms with Gasteiger partial charge in [-0.05, 0) is 55.8 Å². The third-order valence-corrected chi connectivity index (χ3v) is 3.83. The van der Waals surface area contributed by atoms with Gasteiger partial charge in [0.1, 0.15) is 5.82 Å². The van der Waals surface area contributed by atoms with E-state index in [2.05, 4.69) is 12.2 Å². The fourth-order valence-corrected chi connectivity index (χ4v) is 2.76. The Labute approximate surface area is 108 Å². The number of rotatable bonds is 5. The van der Waals surface area contributed by atoms with Gasteiger partial charge in [-0.3, -0.25) is 0 Å². The highest BCUT2D eigenvalue weighted by atomic mass is 19.1. The Morgan fingerprint density at radius 1 is 1.44 bits per heavy atom. The average Bonchev–Trinajstić information content (AvgIpc) is 2.76. The van der Waals surface area contributed by atoms with Crippen LogP contribution in [0.3, 0.4) is 0 Å². The summed E-state index contributed by atoms with van der Waals surface area (Å²) < 4.78 is 13.2. The van der Waals surface area contributed by atoms with Gasteiger partial charge in [0.15, 0.2) is 0 Å². The van der Waals surface area contributed by atoms with Crippen LogP contribution in [0.25, 0.3) is 0 Å². The van der Waals surface area contributed by atoms with E-state index in [9.17, 15) is 9.50 Å². The quantitative estimate of drug-likeness (QED) is 0.843. The zero-order valence-electron chi connectivity index (χ0n) is 10.9. The van der Waals surface area contributed by atoms with Gasteiger partial charge in [-0.2, -0.15) is 0 Å². The summed E-state index contributed by atoms with van der Waals surface area (Å²) >= 11 is 0. The van der Waals surface area contributed by atoms with Crippen molar-refractivity contribution in [2.24, 2.45) is 5.92 Å². The lowest BCUT2D eigenvalue weighted by molar-refractivity contribution is 0.177. The minimum Gasteiger partial charge on any atom is -0.393 e. The molecule has 0 heterocycles. The van der Waals surface area contributed by atoms with Crippen LogP contribution in [0.5, 0.6) is 0 Å². The molecule has 0 spiro atoms. The van der Waals surface area contributed by atoms with E-state index in [1.807, 2.05) is 6.07 Å². The number of aliphatic hydroxyl groups is 1. The van der Waals surface area contributed by atoms with Crippen LogP contribution >= 0.6 is 0 Å². The van der Waals surface area contributed by atoms with Crippen molar-refractivity contribution in [3.05, 3.63) is 35.6 Å². The minimum atomic E-state index is -0.177. The Bertz CT molecular complexity index is 383. The summed E-state index contributed by atoms with van der Waals surface area (Å²) in [6, 6.07) is 7.01. The topological polar surface area (TPSA) is 32.3 Å². The molecule has 1 aliphatic rings. The maximum Gasteiger partial charge on any atom is 0.123 e. The number of hydrogen-bond acceptors (Lipinski definition) is 2. The Hall–Kier alpha value is -0.930. The van der Waals surface area contributed by atoms with Gasteiger partial charge in [-0.15, -0.1) is 0 Å². The number of halogens is 1. The lowest BCUT2D eigenvalue weighted by Gasteiger charge is -2.20.